The molecule has 25 heavy (non-hydrogen) atoms. The average molecular weight is 344 g/mol. The van der Waals surface area contributed by atoms with Crippen LogP contribution in [0.15, 0.2) is 30.3 Å². The van der Waals surface area contributed by atoms with E-state index < -0.39 is 0 Å². The van der Waals surface area contributed by atoms with E-state index in [4.69, 9.17) is 4.74 Å². The lowest BCUT2D eigenvalue weighted by Gasteiger charge is -2.20. The van der Waals surface area contributed by atoms with Gasteiger partial charge in [-0.05, 0) is 38.3 Å². The fourth-order valence-corrected chi connectivity index (χ4v) is 2.89. The molecule has 1 fully saturated rings. The van der Waals surface area contributed by atoms with E-state index in [1.165, 1.54) is 6.08 Å². The standard InChI is InChI=1S/C20H28N2O3/c1-2-25-18-10-6-5-9-17(18)12-13-19(23)21-14-8-16-22-15-7-3-4-11-20(22)24/h5-6,9-10,12-13H,2-4,7-8,11,14-16H2,1H3,(H,21,23)/b13-12+. The molecule has 0 atom stereocenters. The summed E-state index contributed by atoms with van der Waals surface area (Å²) >= 11 is 0. The van der Waals surface area contributed by atoms with Crippen molar-refractivity contribution in [3.8, 4) is 5.75 Å². The van der Waals surface area contributed by atoms with Crippen molar-refractivity contribution in [3.63, 3.8) is 0 Å². The van der Waals surface area contributed by atoms with Crippen molar-refractivity contribution in [3.05, 3.63) is 35.9 Å². The van der Waals surface area contributed by atoms with Gasteiger partial charge in [0.15, 0.2) is 0 Å². The molecule has 1 aromatic carbocycles. The molecule has 0 bridgehead atoms. The van der Waals surface area contributed by atoms with Crippen LogP contribution in [0.1, 0.15) is 44.6 Å². The van der Waals surface area contributed by atoms with Crippen LogP contribution in [-0.2, 0) is 9.59 Å². The molecule has 5 nitrogen and oxygen atoms in total. The number of benzene rings is 1. The third kappa shape index (κ3) is 6.61. The van der Waals surface area contributed by atoms with Gasteiger partial charge in [0.25, 0.3) is 0 Å². The molecule has 136 valence electrons. The molecule has 2 rings (SSSR count). The molecule has 0 unspecified atom stereocenters. The van der Waals surface area contributed by atoms with Gasteiger partial charge in [-0.1, -0.05) is 24.6 Å². The number of para-hydroxylation sites is 1. The molecule has 1 aliphatic heterocycles. The molecule has 0 saturated carbocycles. The first-order valence-corrected chi connectivity index (χ1v) is 9.16. The summed E-state index contributed by atoms with van der Waals surface area (Å²) in [5.41, 5.74) is 0.884. The normalized spacial score (nSPS) is 15.2. The summed E-state index contributed by atoms with van der Waals surface area (Å²) < 4.78 is 5.53. The Bertz CT molecular complexity index is 598. The van der Waals surface area contributed by atoms with Gasteiger partial charge in [0.1, 0.15) is 5.75 Å². The lowest BCUT2D eigenvalue weighted by atomic mass is 10.2. The second kappa shape index (κ2) is 10.5. The van der Waals surface area contributed by atoms with Crippen molar-refractivity contribution < 1.29 is 14.3 Å². The van der Waals surface area contributed by atoms with Crippen LogP contribution in [0.3, 0.4) is 0 Å². The number of nitrogens with one attached hydrogen (secondary N) is 1. The molecular formula is C20H28N2O3. The van der Waals surface area contributed by atoms with Crippen LogP contribution >= 0.6 is 0 Å². The van der Waals surface area contributed by atoms with E-state index in [9.17, 15) is 9.59 Å². The monoisotopic (exact) mass is 344 g/mol. The van der Waals surface area contributed by atoms with Crippen LogP contribution < -0.4 is 10.1 Å². The van der Waals surface area contributed by atoms with Crippen LogP contribution in [0.5, 0.6) is 5.75 Å². The maximum atomic E-state index is 11.9. The number of rotatable bonds is 8. The zero-order chi connectivity index (χ0) is 17.9. The van der Waals surface area contributed by atoms with Crippen molar-refractivity contribution in [1.29, 1.82) is 0 Å². The summed E-state index contributed by atoms with van der Waals surface area (Å²) in [6.45, 7) is 4.66. The summed E-state index contributed by atoms with van der Waals surface area (Å²) in [6, 6.07) is 7.63. The highest BCUT2D eigenvalue weighted by Crippen LogP contribution is 2.19. The van der Waals surface area contributed by atoms with Crippen LogP contribution in [-0.4, -0.2) is 43.0 Å². The van der Waals surface area contributed by atoms with Crippen molar-refractivity contribution in [2.45, 2.75) is 39.0 Å². The maximum Gasteiger partial charge on any atom is 0.244 e. The molecule has 1 aliphatic rings. The molecule has 0 spiro atoms. The number of carbonyl (C=O) groups excluding carboxylic acids is 2. The molecule has 1 N–H and O–H groups in total. The molecule has 1 aromatic rings. The second-order valence-corrected chi connectivity index (χ2v) is 6.14. The molecule has 5 heteroatoms. The second-order valence-electron chi connectivity index (χ2n) is 6.14. The average Bonchev–Trinajstić information content (AvgIpc) is 2.82. The topological polar surface area (TPSA) is 58.6 Å². The Hall–Kier alpha value is -2.30. The Balaban J connectivity index is 1.72. The largest absolute Gasteiger partial charge is 0.493 e. The first-order chi connectivity index (χ1) is 12.2. The van der Waals surface area contributed by atoms with Gasteiger partial charge >= 0.3 is 0 Å². The summed E-state index contributed by atoms with van der Waals surface area (Å²) in [6.07, 6.45) is 7.94. The minimum atomic E-state index is -0.131. The molecular weight excluding hydrogens is 316 g/mol. The fourth-order valence-electron chi connectivity index (χ4n) is 2.89. The van der Waals surface area contributed by atoms with Crippen molar-refractivity contribution in [2.75, 3.05) is 26.2 Å². The Morgan fingerprint density at radius 2 is 2.12 bits per heavy atom. The lowest BCUT2D eigenvalue weighted by molar-refractivity contribution is -0.130. The first-order valence-electron chi connectivity index (χ1n) is 9.16. The Morgan fingerprint density at radius 1 is 1.28 bits per heavy atom. The fraction of sp³-hybridized carbons (Fsp3) is 0.500. The summed E-state index contributed by atoms with van der Waals surface area (Å²) in [5.74, 6) is 0.887. The van der Waals surface area contributed by atoms with Crippen LogP contribution in [0.2, 0.25) is 0 Å². The zero-order valence-electron chi connectivity index (χ0n) is 15.0. The third-order valence-electron chi connectivity index (χ3n) is 4.21. The maximum absolute atomic E-state index is 11.9. The van der Waals surface area contributed by atoms with E-state index in [0.29, 0.717) is 19.6 Å². The number of ether oxygens (including phenoxy) is 1. The van der Waals surface area contributed by atoms with Crippen LogP contribution in [0, 0.1) is 0 Å². The molecule has 1 heterocycles. The number of nitrogens with zero attached hydrogens (tertiary/aromatic N) is 1. The van der Waals surface area contributed by atoms with E-state index in [-0.39, 0.29) is 11.8 Å². The van der Waals surface area contributed by atoms with Gasteiger partial charge in [-0.2, -0.15) is 0 Å². The van der Waals surface area contributed by atoms with E-state index in [1.54, 1.807) is 6.08 Å². The first kappa shape index (κ1) is 19.0. The van der Waals surface area contributed by atoms with Crippen LogP contribution in [0.4, 0.5) is 0 Å². The zero-order valence-corrected chi connectivity index (χ0v) is 15.0. The van der Waals surface area contributed by atoms with Gasteiger partial charge in [-0.15, -0.1) is 0 Å². The summed E-state index contributed by atoms with van der Waals surface area (Å²) in [4.78, 5) is 25.8. The van der Waals surface area contributed by atoms with Gasteiger partial charge in [-0.25, -0.2) is 0 Å². The van der Waals surface area contributed by atoms with Gasteiger partial charge in [0, 0.05) is 37.7 Å². The third-order valence-corrected chi connectivity index (χ3v) is 4.21. The van der Waals surface area contributed by atoms with Gasteiger partial charge in [0.2, 0.25) is 11.8 Å². The number of hydrogen-bond donors (Lipinski definition) is 1. The quantitative estimate of drug-likeness (QED) is 0.582. The summed E-state index contributed by atoms with van der Waals surface area (Å²) in [7, 11) is 0. The van der Waals surface area contributed by atoms with Crippen molar-refractivity contribution in [2.24, 2.45) is 0 Å². The van der Waals surface area contributed by atoms with Crippen molar-refractivity contribution in [1.82, 2.24) is 10.2 Å². The van der Waals surface area contributed by atoms with Crippen LogP contribution in [0.25, 0.3) is 6.08 Å². The predicted molar refractivity (Wildman–Crippen MR) is 99.3 cm³/mol. The molecule has 0 aliphatic carbocycles. The molecule has 1 saturated heterocycles. The molecule has 0 radical (unpaired) electrons. The van der Waals surface area contributed by atoms with E-state index in [1.807, 2.05) is 36.1 Å². The highest BCUT2D eigenvalue weighted by atomic mass is 16.5. The van der Waals surface area contributed by atoms with E-state index >= 15 is 0 Å². The number of carbonyl (C=O) groups is 2. The van der Waals surface area contributed by atoms with Gasteiger partial charge in [-0.3, -0.25) is 9.59 Å². The minimum Gasteiger partial charge on any atom is -0.493 e. The van der Waals surface area contributed by atoms with Crippen molar-refractivity contribution >= 4 is 17.9 Å². The van der Waals surface area contributed by atoms with Gasteiger partial charge in [0.05, 0.1) is 6.61 Å². The molecule has 2 amide bonds. The Morgan fingerprint density at radius 3 is 2.96 bits per heavy atom. The smallest absolute Gasteiger partial charge is 0.244 e. The number of amides is 2. The summed E-state index contributed by atoms with van der Waals surface area (Å²) in [5, 5.41) is 2.87. The molecule has 0 aromatic heterocycles. The lowest BCUT2D eigenvalue weighted by Crippen LogP contribution is -2.33. The Labute approximate surface area is 150 Å². The van der Waals surface area contributed by atoms with Gasteiger partial charge < -0.3 is 15.0 Å². The van der Waals surface area contributed by atoms with E-state index in [2.05, 4.69) is 5.32 Å². The highest BCUT2D eigenvalue weighted by Gasteiger charge is 2.15. The number of hydrogen-bond acceptors (Lipinski definition) is 3. The predicted octanol–water partition coefficient (Wildman–Crippen LogP) is 3.01. The van der Waals surface area contributed by atoms with E-state index in [0.717, 1.165) is 50.1 Å². The highest BCUT2D eigenvalue weighted by molar-refractivity contribution is 5.92. The Kier molecular flexibility index (Phi) is 8.02. The number of likely N-dealkylation sites (tertiary alicyclic amines) is 1. The SMILES string of the molecule is CCOc1ccccc1/C=C/C(=O)NCCCN1CCCCCC1=O. The minimum absolute atomic E-state index is 0.131.